The molecule has 3 rings (SSSR count). The number of rotatable bonds is 7. The number of urea groups is 1. The first-order chi connectivity index (χ1) is 14.5. The van der Waals surface area contributed by atoms with Crippen LogP contribution in [0.3, 0.4) is 0 Å². The number of amides is 3. The first-order valence-electron chi connectivity index (χ1n) is 9.06. The third-order valence-corrected chi connectivity index (χ3v) is 4.02. The summed E-state index contributed by atoms with van der Waals surface area (Å²) >= 11 is 0. The molecule has 2 aromatic carbocycles. The normalized spacial score (nSPS) is 10.3. The molecule has 0 saturated heterocycles. The molecule has 1 heterocycles. The monoisotopic (exact) mass is 415 g/mol. The number of nitrogens with one attached hydrogen (secondary N) is 3. The van der Waals surface area contributed by atoms with E-state index in [-0.39, 0.29) is 30.9 Å². The minimum absolute atomic E-state index is 0.0182. The Morgan fingerprint density at radius 1 is 0.900 bits per heavy atom. The molecule has 3 amide bonds. The van der Waals surface area contributed by atoms with Crippen molar-refractivity contribution in [3.8, 4) is 5.75 Å². The van der Waals surface area contributed by atoms with Crippen molar-refractivity contribution >= 4 is 11.9 Å². The van der Waals surface area contributed by atoms with Crippen LogP contribution in [0.5, 0.6) is 5.75 Å². The average molecular weight is 415 g/mol. The quantitative estimate of drug-likeness (QED) is 0.516. The molecule has 0 aliphatic carbocycles. The fourth-order valence-electron chi connectivity index (χ4n) is 2.54. The Balaban J connectivity index is 1.39. The number of ether oxygens (including phenoxy) is 1. The number of hydrazine groups is 1. The molecule has 30 heavy (non-hydrogen) atoms. The van der Waals surface area contributed by atoms with Crippen molar-refractivity contribution < 1.29 is 27.5 Å². The number of furan rings is 1. The van der Waals surface area contributed by atoms with Gasteiger partial charge in [0.1, 0.15) is 29.8 Å². The maximum absolute atomic E-state index is 13.5. The van der Waals surface area contributed by atoms with Crippen LogP contribution in [0.15, 0.2) is 65.1 Å². The number of hydrogen-bond donors (Lipinski definition) is 3. The van der Waals surface area contributed by atoms with Gasteiger partial charge in [0.2, 0.25) is 0 Å². The van der Waals surface area contributed by atoms with E-state index in [4.69, 9.17) is 9.15 Å². The van der Waals surface area contributed by atoms with Crippen molar-refractivity contribution in [2.45, 2.75) is 13.0 Å². The second kappa shape index (κ2) is 10.1. The first-order valence-corrected chi connectivity index (χ1v) is 9.06. The number of hydrogen-bond acceptors (Lipinski definition) is 4. The smallest absolute Gasteiger partial charge is 0.333 e. The van der Waals surface area contributed by atoms with Gasteiger partial charge in [0.05, 0.1) is 0 Å². The minimum Gasteiger partial charge on any atom is -0.486 e. The Kier molecular flexibility index (Phi) is 6.99. The van der Waals surface area contributed by atoms with Crippen LogP contribution in [-0.4, -0.2) is 18.5 Å². The van der Waals surface area contributed by atoms with Crippen LogP contribution in [0.4, 0.5) is 13.6 Å². The van der Waals surface area contributed by atoms with Gasteiger partial charge in [-0.1, -0.05) is 24.3 Å². The largest absolute Gasteiger partial charge is 0.486 e. The lowest BCUT2D eigenvalue weighted by molar-refractivity contribution is 0.0904. The molecule has 0 aliphatic heterocycles. The highest BCUT2D eigenvalue weighted by atomic mass is 19.1. The van der Waals surface area contributed by atoms with Crippen molar-refractivity contribution in [1.82, 2.24) is 16.2 Å². The minimum atomic E-state index is -0.737. The highest BCUT2D eigenvalue weighted by Crippen LogP contribution is 2.14. The van der Waals surface area contributed by atoms with E-state index in [9.17, 15) is 18.4 Å². The average Bonchev–Trinajstić information content (AvgIpc) is 3.22. The zero-order valence-corrected chi connectivity index (χ0v) is 15.8. The van der Waals surface area contributed by atoms with Crippen molar-refractivity contribution in [3.05, 3.63) is 89.4 Å². The molecule has 156 valence electrons. The van der Waals surface area contributed by atoms with Crippen LogP contribution >= 0.6 is 0 Å². The van der Waals surface area contributed by atoms with E-state index in [2.05, 4.69) is 16.2 Å². The van der Waals surface area contributed by atoms with Crippen LogP contribution in [0.1, 0.15) is 21.9 Å². The summed E-state index contributed by atoms with van der Waals surface area (Å²) in [5, 5.41) is 2.39. The topological polar surface area (TPSA) is 92.6 Å². The number of carbonyl (C=O) groups is 2. The Labute approximate surface area is 171 Å². The highest BCUT2D eigenvalue weighted by Gasteiger charge is 2.13. The van der Waals surface area contributed by atoms with Gasteiger partial charge < -0.3 is 14.5 Å². The lowest BCUT2D eigenvalue weighted by Crippen LogP contribution is -2.47. The van der Waals surface area contributed by atoms with E-state index in [0.717, 1.165) is 12.1 Å². The molecule has 3 aromatic rings. The molecule has 0 saturated carbocycles. The summed E-state index contributed by atoms with van der Waals surface area (Å²) < 4.78 is 37.9. The summed E-state index contributed by atoms with van der Waals surface area (Å²) in [6, 6.07) is 14.9. The van der Waals surface area contributed by atoms with E-state index in [1.165, 1.54) is 12.1 Å². The van der Waals surface area contributed by atoms with Gasteiger partial charge in [-0.2, -0.15) is 0 Å². The van der Waals surface area contributed by atoms with Gasteiger partial charge in [-0.15, -0.1) is 0 Å². The summed E-state index contributed by atoms with van der Waals surface area (Å²) in [5.74, 6) is -0.966. The third kappa shape index (κ3) is 5.81. The summed E-state index contributed by atoms with van der Waals surface area (Å²) in [6.45, 7) is 0.110. The number of para-hydroxylation sites is 1. The Morgan fingerprint density at radius 3 is 2.37 bits per heavy atom. The zero-order chi connectivity index (χ0) is 21.3. The number of halogens is 2. The van der Waals surface area contributed by atoms with Gasteiger partial charge in [0, 0.05) is 12.1 Å². The Morgan fingerprint density at radius 2 is 1.63 bits per heavy atom. The molecule has 3 N–H and O–H groups in total. The van der Waals surface area contributed by atoms with Crippen LogP contribution in [0.2, 0.25) is 0 Å². The molecule has 9 heteroatoms. The van der Waals surface area contributed by atoms with E-state index >= 15 is 0 Å². The Hall–Kier alpha value is -3.88. The molecule has 0 fully saturated rings. The van der Waals surface area contributed by atoms with Gasteiger partial charge in [0.25, 0.3) is 0 Å². The predicted molar refractivity (Wildman–Crippen MR) is 104 cm³/mol. The molecule has 0 unspecified atom stereocenters. The van der Waals surface area contributed by atoms with E-state index in [1.807, 2.05) is 18.2 Å². The second-order valence-corrected chi connectivity index (χ2v) is 6.15. The number of carbonyl (C=O) groups excluding carboxylic acids is 2. The summed E-state index contributed by atoms with van der Waals surface area (Å²) in [7, 11) is 0. The molecule has 1 aromatic heterocycles. The molecule has 0 aliphatic rings. The van der Waals surface area contributed by atoms with Gasteiger partial charge in [-0.3, -0.25) is 10.2 Å². The van der Waals surface area contributed by atoms with Gasteiger partial charge in [-0.25, -0.2) is 19.0 Å². The maximum Gasteiger partial charge on any atom is 0.333 e. The van der Waals surface area contributed by atoms with E-state index in [1.54, 1.807) is 18.2 Å². The van der Waals surface area contributed by atoms with Crippen LogP contribution in [-0.2, 0) is 13.0 Å². The molecule has 0 spiro atoms. The standard InChI is InChI=1S/C21H19F2N3O4/c22-17-7-4-8-18(23)16(17)11-12-24-21(28)26-25-20(27)19-10-9-15(30-19)13-29-14-5-2-1-3-6-14/h1-10H,11-13H2,(H,25,27)(H2,24,26,28). The van der Waals surface area contributed by atoms with Crippen molar-refractivity contribution in [1.29, 1.82) is 0 Å². The van der Waals surface area contributed by atoms with Crippen molar-refractivity contribution in [2.24, 2.45) is 0 Å². The van der Waals surface area contributed by atoms with Gasteiger partial charge in [0.15, 0.2) is 5.76 Å². The third-order valence-electron chi connectivity index (χ3n) is 4.02. The van der Waals surface area contributed by atoms with E-state index < -0.39 is 23.6 Å². The van der Waals surface area contributed by atoms with Crippen molar-refractivity contribution in [3.63, 3.8) is 0 Å². The van der Waals surface area contributed by atoms with Crippen LogP contribution < -0.4 is 20.9 Å². The fraction of sp³-hybridized carbons (Fsp3) is 0.143. The SMILES string of the molecule is O=C(NCCc1c(F)cccc1F)NNC(=O)c1ccc(COc2ccccc2)o1. The molecule has 7 nitrogen and oxygen atoms in total. The van der Waals surface area contributed by atoms with Gasteiger partial charge in [-0.05, 0) is 42.8 Å². The summed E-state index contributed by atoms with van der Waals surface area (Å²) in [6.07, 6.45) is -0.0389. The molecule has 0 radical (unpaired) electrons. The first kappa shape index (κ1) is 20.8. The van der Waals surface area contributed by atoms with Crippen molar-refractivity contribution in [2.75, 3.05) is 6.54 Å². The second-order valence-electron chi connectivity index (χ2n) is 6.15. The zero-order valence-electron chi connectivity index (χ0n) is 15.8. The summed E-state index contributed by atoms with van der Waals surface area (Å²) in [4.78, 5) is 23.8. The van der Waals surface area contributed by atoms with Crippen LogP contribution in [0, 0.1) is 11.6 Å². The lowest BCUT2D eigenvalue weighted by Gasteiger charge is -2.09. The molecular formula is C21H19F2N3O4. The molecular weight excluding hydrogens is 396 g/mol. The maximum atomic E-state index is 13.5. The van der Waals surface area contributed by atoms with E-state index in [0.29, 0.717) is 11.5 Å². The summed E-state index contributed by atoms with van der Waals surface area (Å²) in [5.41, 5.74) is 4.19. The van der Waals surface area contributed by atoms with Gasteiger partial charge >= 0.3 is 11.9 Å². The number of benzene rings is 2. The Bertz CT molecular complexity index is 988. The fourth-order valence-corrected chi connectivity index (χ4v) is 2.54. The molecule has 0 bridgehead atoms. The predicted octanol–water partition coefficient (Wildman–Crippen LogP) is 3.32. The highest BCUT2D eigenvalue weighted by molar-refractivity contribution is 5.92. The van der Waals surface area contributed by atoms with Crippen LogP contribution in [0.25, 0.3) is 0 Å². The lowest BCUT2D eigenvalue weighted by atomic mass is 10.1. The molecule has 0 atom stereocenters.